The Hall–Kier alpha value is -0.170. The Kier molecular flexibility index (Phi) is 5.22. The Morgan fingerprint density at radius 3 is 2.42 bits per heavy atom. The van der Waals surface area contributed by atoms with E-state index in [-0.39, 0.29) is 11.4 Å². The molecule has 4 nitrogen and oxygen atoms in total. The van der Waals surface area contributed by atoms with Crippen LogP contribution < -0.4 is 0 Å². The minimum absolute atomic E-state index is 0.155. The largest absolute Gasteiger partial charge is 0.396 e. The molecule has 2 rings (SSSR count). The molecule has 19 heavy (non-hydrogen) atoms. The van der Waals surface area contributed by atoms with Crippen molar-refractivity contribution < 1.29 is 13.5 Å². The van der Waals surface area contributed by atoms with Gasteiger partial charge in [-0.1, -0.05) is 40.2 Å². The van der Waals surface area contributed by atoms with E-state index >= 15 is 0 Å². The van der Waals surface area contributed by atoms with Gasteiger partial charge in [0.2, 0.25) is 10.0 Å². The van der Waals surface area contributed by atoms with Gasteiger partial charge >= 0.3 is 0 Å². The highest BCUT2D eigenvalue weighted by Crippen LogP contribution is 2.28. The van der Waals surface area contributed by atoms with E-state index in [1.165, 1.54) is 0 Å². The summed E-state index contributed by atoms with van der Waals surface area (Å²) in [5.41, 5.74) is 0. The highest BCUT2D eigenvalue weighted by atomic mass is 79.9. The van der Waals surface area contributed by atoms with Crippen LogP contribution in [0.25, 0.3) is 0 Å². The maximum atomic E-state index is 12.6. The summed E-state index contributed by atoms with van der Waals surface area (Å²) in [5, 5.41) is 8.42. The maximum absolute atomic E-state index is 12.6. The Bertz CT molecular complexity index is 453. The summed E-state index contributed by atoms with van der Waals surface area (Å²) in [4.78, 5) is -0.155. The van der Waals surface area contributed by atoms with Crippen molar-refractivity contribution in [2.24, 2.45) is 5.92 Å². The number of aliphatic hydroxyl groups is 1. The maximum Gasteiger partial charge on any atom is 0.222 e. The fourth-order valence-electron chi connectivity index (χ4n) is 2.63. The molecule has 0 spiro atoms. The molecule has 0 aromatic carbocycles. The first-order valence-corrected chi connectivity index (χ1v) is 9.06. The van der Waals surface area contributed by atoms with Gasteiger partial charge in [0, 0.05) is 19.7 Å². The Balaban J connectivity index is 2.02. The van der Waals surface area contributed by atoms with Gasteiger partial charge in [0.15, 0.2) is 0 Å². The van der Waals surface area contributed by atoms with E-state index in [1.807, 2.05) is 12.2 Å². The molecule has 2 atom stereocenters. The molecule has 0 saturated carbocycles. The fourth-order valence-corrected chi connectivity index (χ4v) is 5.57. The third kappa shape index (κ3) is 3.48. The van der Waals surface area contributed by atoms with Crippen LogP contribution in [-0.2, 0) is 10.0 Å². The predicted octanol–water partition coefficient (Wildman–Crippen LogP) is 1.67. The smallest absolute Gasteiger partial charge is 0.222 e. The topological polar surface area (TPSA) is 57.6 Å². The number of nitrogens with zero attached hydrogens (tertiary/aromatic N) is 1. The van der Waals surface area contributed by atoms with E-state index in [1.54, 1.807) is 16.5 Å². The average Bonchev–Trinajstić information content (AvgIpc) is 2.40. The third-order valence-corrected chi connectivity index (χ3v) is 7.28. The summed E-state index contributed by atoms with van der Waals surface area (Å²) in [6.07, 6.45) is 9.73. The van der Waals surface area contributed by atoms with Crippen molar-refractivity contribution in [2.75, 3.05) is 19.7 Å². The third-order valence-electron chi connectivity index (χ3n) is 3.84. The van der Waals surface area contributed by atoms with Crippen LogP contribution in [0.3, 0.4) is 0 Å². The lowest BCUT2D eigenvalue weighted by Gasteiger charge is -2.34. The van der Waals surface area contributed by atoms with Crippen molar-refractivity contribution in [1.29, 1.82) is 0 Å². The number of alkyl halides is 1. The van der Waals surface area contributed by atoms with Crippen LogP contribution in [0.4, 0.5) is 0 Å². The van der Waals surface area contributed by atoms with Crippen molar-refractivity contribution in [3.8, 4) is 0 Å². The van der Waals surface area contributed by atoms with E-state index < -0.39 is 15.3 Å². The minimum Gasteiger partial charge on any atom is -0.396 e. The molecule has 0 aromatic rings. The molecular weight excluding hydrogens is 330 g/mol. The molecule has 0 radical (unpaired) electrons. The average molecular weight is 350 g/mol. The Morgan fingerprint density at radius 1 is 1.21 bits per heavy atom. The molecule has 6 heteroatoms. The molecule has 1 fully saturated rings. The SMILES string of the molecule is O=S(=O)(C1C=CC=CC1Br)N1CCC(CCO)CC1. The number of aliphatic hydroxyl groups excluding tert-OH is 1. The molecule has 0 amide bonds. The standard InChI is InChI=1S/C13H20BrNO3S/c14-12-3-1-2-4-13(12)19(17,18)15-8-5-11(6-9-15)7-10-16/h1-4,11-13,16H,5-10H2. The van der Waals surface area contributed by atoms with Gasteiger partial charge in [-0.3, -0.25) is 0 Å². The molecule has 1 aliphatic heterocycles. The van der Waals surface area contributed by atoms with Crippen LogP contribution in [0, 0.1) is 5.92 Å². The van der Waals surface area contributed by atoms with Crippen LogP contribution >= 0.6 is 15.9 Å². The molecule has 0 aromatic heterocycles. The van der Waals surface area contributed by atoms with Gasteiger partial charge in [0.05, 0.1) is 4.83 Å². The molecule has 1 saturated heterocycles. The predicted molar refractivity (Wildman–Crippen MR) is 79.7 cm³/mol. The van der Waals surface area contributed by atoms with E-state index in [4.69, 9.17) is 5.11 Å². The van der Waals surface area contributed by atoms with Gasteiger partial charge in [0.1, 0.15) is 5.25 Å². The fraction of sp³-hybridized carbons (Fsp3) is 0.692. The summed E-state index contributed by atoms with van der Waals surface area (Å²) < 4.78 is 26.8. The zero-order chi connectivity index (χ0) is 13.9. The molecular formula is C13H20BrNO3S. The van der Waals surface area contributed by atoms with E-state index in [2.05, 4.69) is 15.9 Å². The molecule has 1 N–H and O–H groups in total. The normalized spacial score (nSPS) is 29.8. The van der Waals surface area contributed by atoms with Gasteiger partial charge in [-0.2, -0.15) is 0 Å². The van der Waals surface area contributed by atoms with Crippen LogP contribution in [0.15, 0.2) is 24.3 Å². The van der Waals surface area contributed by atoms with Crippen molar-refractivity contribution >= 4 is 26.0 Å². The Labute approximate surface area is 123 Å². The number of allylic oxidation sites excluding steroid dienone is 3. The first-order chi connectivity index (χ1) is 9.05. The van der Waals surface area contributed by atoms with Crippen LogP contribution in [0.1, 0.15) is 19.3 Å². The zero-order valence-corrected chi connectivity index (χ0v) is 13.2. The molecule has 2 aliphatic rings. The number of hydrogen-bond donors (Lipinski definition) is 1. The van der Waals surface area contributed by atoms with Gasteiger partial charge in [-0.05, 0) is 25.2 Å². The van der Waals surface area contributed by atoms with Crippen LogP contribution in [-0.4, -0.2) is 47.6 Å². The monoisotopic (exact) mass is 349 g/mol. The van der Waals surface area contributed by atoms with Gasteiger partial charge < -0.3 is 5.11 Å². The lowest BCUT2D eigenvalue weighted by Crippen LogP contribution is -2.45. The molecule has 108 valence electrons. The summed E-state index contributed by atoms with van der Waals surface area (Å²) in [6, 6.07) is 0. The van der Waals surface area contributed by atoms with Crippen molar-refractivity contribution in [3.63, 3.8) is 0 Å². The Morgan fingerprint density at radius 2 is 1.84 bits per heavy atom. The van der Waals surface area contributed by atoms with Crippen molar-refractivity contribution in [2.45, 2.75) is 29.3 Å². The summed E-state index contributed by atoms with van der Waals surface area (Å²) in [6.45, 7) is 1.33. The number of piperidine rings is 1. The lowest BCUT2D eigenvalue weighted by atomic mass is 9.95. The van der Waals surface area contributed by atoms with Gasteiger partial charge in [0.25, 0.3) is 0 Å². The number of rotatable bonds is 4. The highest BCUT2D eigenvalue weighted by Gasteiger charge is 2.36. The number of hydrogen-bond acceptors (Lipinski definition) is 3. The van der Waals surface area contributed by atoms with E-state index in [9.17, 15) is 8.42 Å². The minimum atomic E-state index is -3.29. The molecule has 0 bridgehead atoms. The van der Waals surface area contributed by atoms with E-state index in [0.29, 0.717) is 19.0 Å². The van der Waals surface area contributed by atoms with Gasteiger partial charge in [-0.15, -0.1) is 0 Å². The first-order valence-electron chi connectivity index (χ1n) is 6.64. The van der Waals surface area contributed by atoms with Gasteiger partial charge in [-0.25, -0.2) is 12.7 Å². The number of halogens is 1. The summed E-state index contributed by atoms with van der Waals surface area (Å²) >= 11 is 3.42. The summed E-state index contributed by atoms with van der Waals surface area (Å²) in [5.74, 6) is 0.456. The second-order valence-electron chi connectivity index (χ2n) is 5.08. The zero-order valence-electron chi connectivity index (χ0n) is 10.8. The van der Waals surface area contributed by atoms with Crippen LogP contribution in [0.5, 0.6) is 0 Å². The van der Waals surface area contributed by atoms with Crippen molar-refractivity contribution in [1.82, 2.24) is 4.31 Å². The quantitative estimate of drug-likeness (QED) is 0.785. The second kappa shape index (κ2) is 6.52. The first kappa shape index (κ1) is 15.2. The van der Waals surface area contributed by atoms with Crippen molar-refractivity contribution in [3.05, 3.63) is 24.3 Å². The van der Waals surface area contributed by atoms with E-state index in [0.717, 1.165) is 19.3 Å². The van der Waals surface area contributed by atoms with Crippen LogP contribution in [0.2, 0.25) is 0 Å². The second-order valence-corrected chi connectivity index (χ2v) is 8.23. The lowest BCUT2D eigenvalue weighted by molar-refractivity contribution is 0.207. The summed E-state index contributed by atoms with van der Waals surface area (Å²) in [7, 11) is -3.29. The number of sulfonamides is 1. The molecule has 1 heterocycles. The highest BCUT2D eigenvalue weighted by molar-refractivity contribution is 9.09. The molecule has 1 aliphatic carbocycles. The molecule has 2 unspecified atom stereocenters.